The van der Waals surface area contributed by atoms with E-state index in [1.54, 1.807) is 13.8 Å². The smallest absolute Gasteiger partial charge is 0.322 e. The van der Waals surface area contributed by atoms with Gasteiger partial charge < -0.3 is 4.74 Å². The molecule has 0 aliphatic carbocycles. The van der Waals surface area contributed by atoms with E-state index in [0.29, 0.717) is 12.6 Å². The zero-order valence-corrected chi connectivity index (χ0v) is 12.5. The standard InChI is InChI=1S/C15H16F3NO3/c1-4-19-7-10(15(21)22-5-2)14(20)9-6-11(16)13(18)8(3)12(9)17/h6-7,10H,4-5H2,1-3H3. The van der Waals surface area contributed by atoms with Crippen molar-refractivity contribution in [2.45, 2.75) is 20.8 Å². The third-order valence-corrected chi connectivity index (χ3v) is 2.90. The molecule has 1 rings (SSSR count). The number of ketones is 1. The molecule has 0 aliphatic heterocycles. The number of esters is 1. The molecule has 1 unspecified atom stereocenters. The Labute approximate surface area is 126 Å². The van der Waals surface area contributed by atoms with Crippen molar-refractivity contribution >= 4 is 18.0 Å². The molecule has 22 heavy (non-hydrogen) atoms. The van der Waals surface area contributed by atoms with Gasteiger partial charge in [0.25, 0.3) is 0 Å². The van der Waals surface area contributed by atoms with E-state index in [9.17, 15) is 22.8 Å². The second-order valence-corrected chi connectivity index (χ2v) is 4.40. The monoisotopic (exact) mass is 315 g/mol. The van der Waals surface area contributed by atoms with Crippen LogP contribution in [0.1, 0.15) is 29.8 Å². The molecule has 1 aromatic carbocycles. The Kier molecular flexibility index (Phi) is 6.27. The normalized spacial score (nSPS) is 12.5. The van der Waals surface area contributed by atoms with Gasteiger partial charge in [0.15, 0.2) is 23.3 Å². The summed E-state index contributed by atoms with van der Waals surface area (Å²) in [5, 5.41) is 0. The first kappa shape index (κ1) is 17.9. The molecule has 1 aromatic rings. The van der Waals surface area contributed by atoms with Crippen molar-refractivity contribution in [2.24, 2.45) is 10.9 Å². The number of halogens is 3. The van der Waals surface area contributed by atoms with Gasteiger partial charge in [-0.3, -0.25) is 14.6 Å². The van der Waals surface area contributed by atoms with Crippen LogP contribution >= 0.6 is 0 Å². The summed E-state index contributed by atoms with van der Waals surface area (Å²) >= 11 is 0. The van der Waals surface area contributed by atoms with Crippen LogP contribution in [0.15, 0.2) is 11.1 Å². The molecule has 0 saturated carbocycles. The molecule has 0 radical (unpaired) electrons. The molecule has 0 aliphatic rings. The van der Waals surface area contributed by atoms with Crippen LogP contribution in [0, 0.1) is 30.3 Å². The van der Waals surface area contributed by atoms with Crippen molar-refractivity contribution in [3.05, 3.63) is 34.6 Å². The molecule has 0 heterocycles. The van der Waals surface area contributed by atoms with Gasteiger partial charge in [-0.2, -0.15) is 0 Å². The van der Waals surface area contributed by atoms with Crippen LogP contribution in [-0.4, -0.2) is 31.1 Å². The van der Waals surface area contributed by atoms with Crippen LogP contribution in [0.3, 0.4) is 0 Å². The average Bonchev–Trinajstić information content (AvgIpc) is 2.49. The van der Waals surface area contributed by atoms with Crippen LogP contribution in [0.25, 0.3) is 0 Å². The molecule has 0 bridgehead atoms. The van der Waals surface area contributed by atoms with E-state index in [1.165, 1.54) is 0 Å². The maximum absolute atomic E-state index is 14.0. The zero-order chi connectivity index (χ0) is 16.9. The van der Waals surface area contributed by atoms with Crippen LogP contribution in [0.5, 0.6) is 0 Å². The molecule has 1 atom stereocenters. The van der Waals surface area contributed by atoms with Crippen molar-refractivity contribution in [3.8, 4) is 0 Å². The number of hydrogen-bond donors (Lipinski definition) is 0. The van der Waals surface area contributed by atoms with Crippen LogP contribution < -0.4 is 0 Å². The minimum Gasteiger partial charge on any atom is -0.465 e. The number of aliphatic imine (C=N–C) groups is 1. The summed E-state index contributed by atoms with van der Waals surface area (Å²) in [6.07, 6.45) is 1.02. The Morgan fingerprint density at radius 2 is 1.91 bits per heavy atom. The number of benzene rings is 1. The van der Waals surface area contributed by atoms with Gasteiger partial charge in [0.1, 0.15) is 5.82 Å². The van der Waals surface area contributed by atoms with E-state index in [1.807, 2.05) is 0 Å². The quantitative estimate of drug-likeness (QED) is 0.267. The Bertz CT molecular complexity index is 615. The fourth-order valence-corrected chi connectivity index (χ4v) is 1.76. The maximum Gasteiger partial charge on any atom is 0.322 e. The zero-order valence-electron chi connectivity index (χ0n) is 12.5. The third-order valence-electron chi connectivity index (χ3n) is 2.90. The molecule has 0 spiro atoms. The fraction of sp³-hybridized carbons (Fsp3) is 0.400. The molecule has 0 fully saturated rings. The number of rotatable bonds is 6. The van der Waals surface area contributed by atoms with E-state index in [2.05, 4.69) is 4.99 Å². The second kappa shape index (κ2) is 7.72. The molecule has 4 nitrogen and oxygen atoms in total. The molecule has 0 N–H and O–H groups in total. The van der Waals surface area contributed by atoms with Gasteiger partial charge in [0.05, 0.1) is 12.2 Å². The first-order valence-electron chi connectivity index (χ1n) is 6.69. The van der Waals surface area contributed by atoms with E-state index in [-0.39, 0.29) is 6.61 Å². The summed E-state index contributed by atoms with van der Waals surface area (Å²) in [6.45, 7) is 4.53. The van der Waals surface area contributed by atoms with Crippen LogP contribution in [-0.2, 0) is 9.53 Å². The van der Waals surface area contributed by atoms with E-state index >= 15 is 0 Å². The Hall–Kier alpha value is -2.18. The van der Waals surface area contributed by atoms with Crippen LogP contribution in [0.4, 0.5) is 13.2 Å². The van der Waals surface area contributed by atoms with Crippen molar-refractivity contribution in [3.63, 3.8) is 0 Å². The average molecular weight is 315 g/mol. The number of carbonyl (C=O) groups excluding carboxylic acids is 2. The van der Waals surface area contributed by atoms with Gasteiger partial charge in [0, 0.05) is 18.3 Å². The van der Waals surface area contributed by atoms with Crippen molar-refractivity contribution in [1.82, 2.24) is 0 Å². The molecule has 0 saturated heterocycles. The number of nitrogens with zero attached hydrogens (tertiary/aromatic N) is 1. The summed E-state index contributed by atoms with van der Waals surface area (Å²) in [6, 6.07) is 0.437. The SMILES string of the molecule is CCN=CC(C(=O)OCC)C(=O)c1cc(F)c(F)c(C)c1F. The van der Waals surface area contributed by atoms with Gasteiger partial charge in [-0.05, 0) is 26.8 Å². The molecular formula is C15H16F3NO3. The molecule has 120 valence electrons. The summed E-state index contributed by atoms with van der Waals surface area (Å²) in [5.41, 5.74) is -1.34. The molecule has 0 aromatic heterocycles. The Balaban J connectivity index is 3.30. The van der Waals surface area contributed by atoms with E-state index in [4.69, 9.17) is 4.74 Å². The number of ether oxygens (including phenoxy) is 1. The second-order valence-electron chi connectivity index (χ2n) is 4.40. The lowest BCUT2D eigenvalue weighted by Crippen LogP contribution is -2.29. The highest BCUT2D eigenvalue weighted by Gasteiger charge is 2.31. The Morgan fingerprint density at radius 1 is 1.27 bits per heavy atom. The van der Waals surface area contributed by atoms with E-state index in [0.717, 1.165) is 13.1 Å². The van der Waals surface area contributed by atoms with Crippen molar-refractivity contribution in [2.75, 3.05) is 13.2 Å². The van der Waals surface area contributed by atoms with Gasteiger partial charge >= 0.3 is 5.97 Å². The maximum atomic E-state index is 14.0. The molecule has 0 amide bonds. The van der Waals surface area contributed by atoms with Crippen LogP contribution in [0.2, 0.25) is 0 Å². The lowest BCUT2D eigenvalue weighted by molar-refractivity contribution is -0.143. The van der Waals surface area contributed by atoms with E-state index < -0.39 is 46.2 Å². The first-order chi connectivity index (χ1) is 10.3. The van der Waals surface area contributed by atoms with Crippen molar-refractivity contribution in [1.29, 1.82) is 0 Å². The molecular weight excluding hydrogens is 299 g/mol. The van der Waals surface area contributed by atoms with Gasteiger partial charge in [-0.25, -0.2) is 13.2 Å². The van der Waals surface area contributed by atoms with Gasteiger partial charge in [-0.1, -0.05) is 0 Å². The minimum atomic E-state index is -1.50. The fourth-order valence-electron chi connectivity index (χ4n) is 1.76. The van der Waals surface area contributed by atoms with Gasteiger partial charge in [-0.15, -0.1) is 0 Å². The number of Topliss-reactive ketones (excluding diaryl/α,β-unsaturated/α-hetero) is 1. The highest BCUT2D eigenvalue weighted by molar-refractivity contribution is 6.18. The summed E-state index contributed by atoms with van der Waals surface area (Å²) in [7, 11) is 0. The largest absolute Gasteiger partial charge is 0.465 e. The lowest BCUT2D eigenvalue weighted by Gasteiger charge is -2.12. The topological polar surface area (TPSA) is 55.7 Å². The summed E-state index contributed by atoms with van der Waals surface area (Å²) < 4.78 is 45.4. The summed E-state index contributed by atoms with van der Waals surface area (Å²) in [4.78, 5) is 27.8. The minimum absolute atomic E-state index is 0.0157. The third kappa shape index (κ3) is 3.72. The predicted octanol–water partition coefficient (Wildman–Crippen LogP) is 2.87. The molecule has 7 heteroatoms. The first-order valence-corrected chi connectivity index (χ1v) is 6.69. The number of carbonyl (C=O) groups is 2. The van der Waals surface area contributed by atoms with Crippen molar-refractivity contribution < 1.29 is 27.5 Å². The number of hydrogen-bond acceptors (Lipinski definition) is 4. The highest BCUT2D eigenvalue weighted by atomic mass is 19.2. The highest BCUT2D eigenvalue weighted by Crippen LogP contribution is 2.22. The lowest BCUT2D eigenvalue weighted by atomic mass is 9.96. The Morgan fingerprint density at radius 3 is 2.45 bits per heavy atom. The summed E-state index contributed by atoms with van der Waals surface area (Å²) in [5.74, 6) is -7.40. The predicted molar refractivity (Wildman–Crippen MR) is 74.5 cm³/mol. The van der Waals surface area contributed by atoms with Gasteiger partial charge in [0.2, 0.25) is 0 Å².